The van der Waals surface area contributed by atoms with Crippen molar-refractivity contribution in [2.24, 2.45) is 0 Å². The lowest BCUT2D eigenvalue weighted by molar-refractivity contribution is -0.115. The van der Waals surface area contributed by atoms with E-state index >= 15 is 0 Å². The number of amides is 1. The van der Waals surface area contributed by atoms with Crippen molar-refractivity contribution in [3.63, 3.8) is 0 Å². The summed E-state index contributed by atoms with van der Waals surface area (Å²) in [7, 11) is -2.09. The van der Waals surface area contributed by atoms with E-state index in [1.54, 1.807) is 19.4 Å². The molecule has 7 nitrogen and oxygen atoms in total. The van der Waals surface area contributed by atoms with Crippen molar-refractivity contribution in [3.05, 3.63) is 53.2 Å². The summed E-state index contributed by atoms with van der Waals surface area (Å²) in [4.78, 5) is 15.8. The number of halogens is 1. The van der Waals surface area contributed by atoms with Crippen LogP contribution in [0.1, 0.15) is 18.4 Å². The van der Waals surface area contributed by atoms with E-state index in [-0.39, 0.29) is 22.2 Å². The topological polar surface area (TPSA) is 91.5 Å². The van der Waals surface area contributed by atoms with Crippen LogP contribution in [0, 0.1) is 0 Å². The SMILES string of the molecule is COc1ccc2[nH]cc(CC(=O)Nc3ccc(Cl)c(S(=O)(=O)N4CCCC4)c3)c2c1. The van der Waals surface area contributed by atoms with Gasteiger partial charge in [-0.2, -0.15) is 4.31 Å². The average Bonchev–Trinajstić information content (AvgIpc) is 3.40. The van der Waals surface area contributed by atoms with E-state index in [1.807, 2.05) is 18.2 Å². The second-order valence-corrected chi connectivity index (χ2v) is 9.52. The van der Waals surface area contributed by atoms with Gasteiger partial charge in [-0.1, -0.05) is 11.6 Å². The van der Waals surface area contributed by atoms with Crippen molar-refractivity contribution in [1.82, 2.24) is 9.29 Å². The first kappa shape index (κ1) is 20.7. The number of methoxy groups -OCH3 is 1. The third-order valence-electron chi connectivity index (χ3n) is 5.22. The Morgan fingerprint density at radius 2 is 1.97 bits per heavy atom. The fourth-order valence-electron chi connectivity index (χ4n) is 3.66. The second-order valence-electron chi connectivity index (χ2n) is 7.21. The van der Waals surface area contributed by atoms with Crippen LogP contribution in [-0.4, -0.2) is 43.8 Å². The number of aromatic amines is 1. The summed E-state index contributed by atoms with van der Waals surface area (Å²) < 4.78 is 32.4. The molecule has 1 aliphatic rings. The number of nitrogens with zero attached hydrogens (tertiary/aromatic N) is 1. The molecule has 2 aromatic carbocycles. The minimum atomic E-state index is -3.68. The number of ether oxygens (including phenoxy) is 1. The standard InChI is InChI=1S/C21H22ClN3O4S/c1-29-16-5-7-19-17(12-16)14(13-23-19)10-21(26)24-15-4-6-18(22)20(11-15)30(27,28)25-8-2-3-9-25/h4-7,11-13,23H,2-3,8-10H2,1H3,(H,24,26). The van der Waals surface area contributed by atoms with Gasteiger partial charge in [0.05, 0.1) is 18.6 Å². The molecule has 1 aliphatic heterocycles. The molecule has 1 saturated heterocycles. The Bertz CT molecular complexity index is 1200. The second kappa shape index (κ2) is 8.29. The smallest absolute Gasteiger partial charge is 0.244 e. The maximum absolute atomic E-state index is 12.9. The van der Waals surface area contributed by atoms with E-state index in [4.69, 9.17) is 16.3 Å². The zero-order chi connectivity index (χ0) is 21.3. The molecular weight excluding hydrogens is 426 g/mol. The maximum Gasteiger partial charge on any atom is 0.244 e. The van der Waals surface area contributed by atoms with Crippen molar-refractivity contribution in [2.75, 3.05) is 25.5 Å². The zero-order valence-electron chi connectivity index (χ0n) is 16.4. The number of hydrogen-bond acceptors (Lipinski definition) is 4. The molecular formula is C21H22ClN3O4S. The fraction of sp³-hybridized carbons (Fsp3) is 0.286. The van der Waals surface area contributed by atoms with Crippen LogP contribution >= 0.6 is 11.6 Å². The maximum atomic E-state index is 12.9. The lowest BCUT2D eigenvalue weighted by Crippen LogP contribution is -2.28. The number of fused-ring (bicyclic) bond motifs is 1. The van der Waals surface area contributed by atoms with Crippen molar-refractivity contribution in [3.8, 4) is 5.75 Å². The number of nitrogens with one attached hydrogen (secondary N) is 2. The molecule has 2 N–H and O–H groups in total. The van der Waals surface area contributed by atoms with Gasteiger partial charge < -0.3 is 15.0 Å². The van der Waals surface area contributed by atoms with Gasteiger partial charge >= 0.3 is 0 Å². The van der Waals surface area contributed by atoms with Crippen LogP contribution in [0.15, 0.2) is 47.5 Å². The van der Waals surface area contributed by atoms with Crippen LogP contribution < -0.4 is 10.1 Å². The van der Waals surface area contributed by atoms with Crippen molar-refractivity contribution >= 4 is 44.1 Å². The van der Waals surface area contributed by atoms with Gasteiger partial charge in [-0.15, -0.1) is 0 Å². The summed E-state index contributed by atoms with van der Waals surface area (Å²) >= 11 is 6.17. The number of sulfonamides is 1. The molecule has 0 spiro atoms. The fourth-order valence-corrected chi connectivity index (χ4v) is 5.67. The predicted molar refractivity (Wildman–Crippen MR) is 117 cm³/mol. The van der Waals surface area contributed by atoms with E-state index in [0.717, 1.165) is 29.3 Å². The molecule has 30 heavy (non-hydrogen) atoms. The molecule has 4 rings (SSSR count). The van der Waals surface area contributed by atoms with Crippen molar-refractivity contribution in [2.45, 2.75) is 24.2 Å². The van der Waals surface area contributed by atoms with Crippen LogP contribution in [-0.2, 0) is 21.2 Å². The van der Waals surface area contributed by atoms with Crippen LogP contribution in [0.5, 0.6) is 5.75 Å². The molecule has 3 aromatic rings. The third kappa shape index (κ3) is 4.03. The number of rotatable bonds is 6. The summed E-state index contributed by atoms with van der Waals surface area (Å²) in [5.41, 5.74) is 2.11. The third-order valence-corrected chi connectivity index (χ3v) is 7.60. The summed E-state index contributed by atoms with van der Waals surface area (Å²) in [5, 5.41) is 3.82. The minimum Gasteiger partial charge on any atom is -0.497 e. The van der Waals surface area contributed by atoms with Gasteiger partial charge in [-0.05, 0) is 54.8 Å². The van der Waals surface area contributed by atoms with Gasteiger partial charge in [0.1, 0.15) is 10.6 Å². The number of anilines is 1. The molecule has 0 saturated carbocycles. The van der Waals surface area contributed by atoms with Crippen molar-refractivity contribution < 1.29 is 17.9 Å². The highest BCUT2D eigenvalue weighted by Crippen LogP contribution is 2.30. The number of H-pyrrole nitrogens is 1. The first-order chi connectivity index (χ1) is 14.4. The van der Waals surface area contributed by atoms with E-state index in [0.29, 0.717) is 24.5 Å². The molecule has 1 fully saturated rings. The Hall–Kier alpha value is -2.55. The first-order valence-electron chi connectivity index (χ1n) is 9.62. The Labute approximate surface area is 180 Å². The van der Waals surface area contributed by atoms with E-state index < -0.39 is 10.0 Å². The average molecular weight is 448 g/mol. The summed E-state index contributed by atoms with van der Waals surface area (Å²) in [5.74, 6) is 0.448. The predicted octanol–water partition coefficient (Wildman–Crippen LogP) is 3.80. The van der Waals surface area contributed by atoms with Gasteiger partial charge in [0.15, 0.2) is 0 Å². The lowest BCUT2D eigenvalue weighted by Gasteiger charge is -2.17. The van der Waals surface area contributed by atoms with E-state index in [2.05, 4.69) is 10.3 Å². The van der Waals surface area contributed by atoms with Crippen LogP contribution in [0.3, 0.4) is 0 Å². The lowest BCUT2D eigenvalue weighted by atomic mass is 10.1. The molecule has 158 valence electrons. The molecule has 9 heteroatoms. The number of benzene rings is 2. The zero-order valence-corrected chi connectivity index (χ0v) is 18.0. The minimum absolute atomic E-state index is 0.0145. The van der Waals surface area contributed by atoms with Crippen LogP contribution in [0.4, 0.5) is 5.69 Å². The molecule has 0 atom stereocenters. The first-order valence-corrected chi connectivity index (χ1v) is 11.4. The monoisotopic (exact) mass is 447 g/mol. The molecule has 0 bridgehead atoms. The molecule has 0 aliphatic carbocycles. The molecule has 1 amide bonds. The van der Waals surface area contributed by atoms with Gasteiger partial charge in [0.25, 0.3) is 0 Å². The van der Waals surface area contributed by atoms with Gasteiger partial charge in [-0.3, -0.25) is 4.79 Å². The Morgan fingerprint density at radius 1 is 1.20 bits per heavy atom. The molecule has 0 radical (unpaired) electrons. The Kier molecular flexibility index (Phi) is 5.73. The molecule has 2 heterocycles. The summed E-state index contributed by atoms with van der Waals surface area (Å²) in [6, 6.07) is 10.1. The van der Waals surface area contributed by atoms with Crippen LogP contribution in [0.2, 0.25) is 5.02 Å². The summed E-state index contributed by atoms with van der Waals surface area (Å²) in [6.07, 6.45) is 3.59. The highest BCUT2D eigenvalue weighted by atomic mass is 35.5. The number of carbonyl (C=O) groups is 1. The largest absolute Gasteiger partial charge is 0.497 e. The van der Waals surface area contributed by atoms with E-state index in [9.17, 15) is 13.2 Å². The Balaban J connectivity index is 1.54. The highest BCUT2D eigenvalue weighted by Gasteiger charge is 2.29. The van der Waals surface area contributed by atoms with Crippen LogP contribution in [0.25, 0.3) is 10.9 Å². The Morgan fingerprint density at radius 3 is 2.70 bits per heavy atom. The molecule has 1 aromatic heterocycles. The summed E-state index contributed by atoms with van der Waals surface area (Å²) in [6.45, 7) is 0.971. The van der Waals surface area contributed by atoms with Gasteiger partial charge in [0, 0.05) is 35.9 Å². The van der Waals surface area contributed by atoms with Gasteiger partial charge in [0.2, 0.25) is 15.9 Å². The number of carbonyl (C=O) groups excluding carboxylic acids is 1. The number of hydrogen-bond donors (Lipinski definition) is 2. The van der Waals surface area contributed by atoms with Crippen molar-refractivity contribution in [1.29, 1.82) is 0 Å². The normalized spacial score (nSPS) is 14.9. The van der Waals surface area contributed by atoms with Gasteiger partial charge in [-0.25, -0.2) is 8.42 Å². The van der Waals surface area contributed by atoms with E-state index in [1.165, 1.54) is 16.4 Å². The number of aromatic nitrogens is 1. The quantitative estimate of drug-likeness (QED) is 0.601. The highest BCUT2D eigenvalue weighted by molar-refractivity contribution is 7.89. The molecule has 0 unspecified atom stereocenters.